The fourth-order valence-corrected chi connectivity index (χ4v) is 8.32. The molecule has 2 heterocycles. The number of piperazine rings is 1. The van der Waals surface area contributed by atoms with Crippen LogP contribution >= 0.6 is 12.2 Å². The third kappa shape index (κ3) is 8.05. The van der Waals surface area contributed by atoms with Crippen LogP contribution < -0.4 is 14.5 Å². The summed E-state index contributed by atoms with van der Waals surface area (Å²) in [5.74, 6) is 0.685. The van der Waals surface area contributed by atoms with Gasteiger partial charge in [0.1, 0.15) is 0 Å². The molecule has 12 heteroatoms. The Balaban J connectivity index is 1.25. The lowest BCUT2D eigenvalue weighted by Gasteiger charge is -2.39. The van der Waals surface area contributed by atoms with Crippen LogP contribution in [0.3, 0.4) is 0 Å². The van der Waals surface area contributed by atoms with Crippen molar-refractivity contribution in [1.29, 1.82) is 10.5 Å². The Bertz CT molecular complexity index is 1930. The molecule has 252 valence electrons. The van der Waals surface area contributed by atoms with Gasteiger partial charge >= 0.3 is 0 Å². The molecule has 2 fully saturated rings. The Morgan fingerprint density at radius 3 is 2.22 bits per heavy atom. The first-order chi connectivity index (χ1) is 23.9. The zero-order valence-electron chi connectivity index (χ0n) is 27.4. The summed E-state index contributed by atoms with van der Waals surface area (Å²) in [6, 6.07) is 25.1. The van der Waals surface area contributed by atoms with Crippen molar-refractivity contribution >= 4 is 38.7 Å². The minimum absolute atomic E-state index is 0.0325. The molecule has 1 aliphatic heterocycles. The van der Waals surface area contributed by atoms with E-state index in [0.29, 0.717) is 48.1 Å². The first kappa shape index (κ1) is 34.0. The summed E-state index contributed by atoms with van der Waals surface area (Å²) < 4.78 is 32.4. The van der Waals surface area contributed by atoms with Crippen LogP contribution in [0.25, 0.3) is 0 Å². The summed E-state index contributed by atoms with van der Waals surface area (Å²) in [7, 11) is -4.08. The number of hydrogen-bond donors (Lipinski definition) is 1. The Labute approximate surface area is 294 Å². The van der Waals surface area contributed by atoms with Crippen LogP contribution in [-0.2, 0) is 23.1 Å². The van der Waals surface area contributed by atoms with Crippen LogP contribution in [0, 0.1) is 28.6 Å². The fraction of sp³-hybridized carbons (Fsp3) is 0.351. The van der Waals surface area contributed by atoms with Crippen LogP contribution in [0.1, 0.15) is 54.5 Å². The van der Waals surface area contributed by atoms with E-state index in [1.165, 1.54) is 60.7 Å². The van der Waals surface area contributed by atoms with Crippen LogP contribution in [0.15, 0.2) is 90.2 Å². The number of para-hydroxylation sites is 2. The number of nitriles is 2. The normalized spacial score (nSPS) is 15.3. The minimum Gasteiger partial charge on any atom is -0.366 e. The van der Waals surface area contributed by atoms with Crippen molar-refractivity contribution in [2.24, 2.45) is 5.92 Å². The molecule has 1 aromatic heterocycles. The zero-order chi connectivity index (χ0) is 34.2. The number of rotatable bonds is 10. The van der Waals surface area contributed by atoms with Crippen molar-refractivity contribution in [1.82, 2.24) is 19.8 Å². The van der Waals surface area contributed by atoms with Crippen molar-refractivity contribution < 1.29 is 8.42 Å². The van der Waals surface area contributed by atoms with Gasteiger partial charge in [0.25, 0.3) is 10.0 Å². The number of nitrogens with zero attached hydrogens (tertiary/aromatic N) is 7. The molecule has 1 N–H and O–H groups in total. The second kappa shape index (κ2) is 15.5. The van der Waals surface area contributed by atoms with Crippen LogP contribution in [0.5, 0.6) is 0 Å². The molecular weight excluding hydrogens is 653 g/mol. The van der Waals surface area contributed by atoms with Crippen molar-refractivity contribution in [2.45, 2.75) is 50.1 Å². The number of nitrogens with one attached hydrogen (secondary N) is 1. The van der Waals surface area contributed by atoms with Crippen molar-refractivity contribution in [3.05, 3.63) is 108 Å². The maximum atomic E-state index is 14.5. The van der Waals surface area contributed by atoms with Gasteiger partial charge < -0.3 is 19.7 Å². The van der Waals surface area contributed by atoms with Gasteiger partial charge in [0.05, 0.1) is 58.1 Å². The molecule has 3 aromatic carbocycles. The number of anilines is 2. The summed E-state index contributed by atoms with van der Waals surface area (Å²) in [6.07, 6.45) is 9.84. The molecule has 0 atom stereocenters. The molecule has 0 spiro atoms. The average molecular weight is 693 g/mol. The molecule has 6 rings (SSSR count). The SMILES string of the molecule is N#Cc1ccc(Cn2cncc2CN(c2ccccc2N2CCN(C(=S)NCC3CCCCC3)CC2)S(=O)(=O)c2ccc(C#N)cc2)cc1. The number of benzene rings is 3. The highest BCUT2D eigenvalue weighted by Gasteiger charge is 2.31. The summed E-state index contributed by atoms with van der Waals surface area (Å²) in [5.41, 5.74) is 4.00. The summed E-state index contributed by atoms with van der Waals surface area (Å²) in [4.78, 5) is 8.91. The molecule has 0 amide bonds. The standard InChI is InChI=1S/C37H40N8O2S2/c38-22-29-10-12-32(13-11-29)26-44-28-40-25-33(44)27-45(49(46,47)34-16-14-30(23-39)15-17-34)36-9-5-4-8-35(36)42-18-20-43(21-19-42)37(48)41-24-31-6-2-1-3-7-31/h4-5,8-17,25,28,31H,1-3,6-7,18-21,24,26-27H2,(H,41,48). The van der Waals surface area contributed by atoms with E-state index in [0.717, 1.165) is 36.0 Å². The quantitative estimate of drug-likeness (QED) is 0.210. The highest BCUT2D eigenvalue weighted by molar-refractivity contribution is 7.92. The number of sulfonamides is 1. The maximum Gasteiger partial charge on any atom is 0.264 e. The second-order valence-corrected chi connectivity index (χ2v) is 14.9. The van der Waals surface area contributed by atoms with Gasteiger partial charge in [-0.15, -0.1) is 0 Å². The molecule has 10 nitrogen and oxygen atoms in total. The molecule has 0 radical (unpaired) electrons. The summed E-state index contributed by atoms with van der Waals surface area (Å²) >= 11 is 5.79. The van der Waals surface area contributed by atoms with E-state index < -0.39 is 10.0 Å². The van der Waals surface area contributed by atoms with Gasteiger partial charge in [0.2, 0.25) is 0 Å². The molecule has 4 aromatic rings. The Morgan fingerprint density at radius 1 is 0.898 bits per heavy atom. The van der Waals surface area contributed by atoms with Gasteiger partial charge in [0.15, 0.2) is 5.11 Å². The lowest BCUT2D eigenvalue weighted by molar-refractivity contribution is 0.341. The van der Waals surface area contributed by atoms with E-state index in [4.69, 9.17) is 12.2 Å². The van der Waals surface area contributed by atoms with Gasteiger partial charge in [-0.25, -0.2) is 13.4 Å². The van der Waals surface area contributed by atoms with Crippen LogP contribution in [-0.4, -0.2) is 60.7 Å². The Hall–Kier alpha value is -4.91. The van der Waals surface area contributed by atoms with Gasteiger partial charge in [-0.2, -0.15) is 10.5 Å². The van der Waals surface area contributed by atoms with E-state index in [2.05, 4.69) is 32.2 Å². The number of thiocarbonyl (C=S) groups is 1. The van der Waals surface area contributed by atoms with Gasteiger partial charge in [-0.3, -0.25) is 4.31 Å². The van der Waals surface area contributed by atoms with Gasteiger partial charge in [0, 0.05) is 45.5 Å². The van der Waals surface area contributed by atoms with Crippen LogP contribution in [0.2, 0.25) is 0 Å². The van der Waals surface area contributed by atoms with E-state index in [1.54, 1.807) is 24.7 Å². The molecule has 1 saturated heterocycles. The average Bonchev–Trinajstić information content (AvgIpc) is 3.59. The lowest BCUT2D eigenvalue weighted by Crippen LogP contribution is -2.52. The molecule has 49 heavy (non-hydrogen) atoms. The van der Waals surface area contributed by atoms with Gasteiger partial charge in [-0.05, 0) is 85.1 Å². The Kier molecular flexibility index (Phi) is 10.8. The van der Waals surface area contributed by atoms with E-state index >= 15 is 0 Å². The second-order valence-electron chi connectivity index (χ2n) is 12.6. The molecule has 1 aliphatic carbocycles. The summed E-state index contributed by atoms with van der Waals surface area (Å²) in [5, 5.41) is 22.8. The van der Waals surface area contributed by atoms with Gasteiger partial charge in [-0.1, -0.05) is 43.5 Å². The first-order valence-corrected chi connectivity index (χ1v) is 18.6. The highest BCUT2D eigenvalue weighted by Crippen LogP contribution is 2.35. The van der Waals surface area contributed by atoms with E-state index in [1.807, 2.05) is 41.0 Å². The largest absolute Gasteiger partial charge is 0.366 e. The zero-order valence-corrected chi connectivity index (χ0v) is 29.0. The van der Waals surface area contributed by atoms with E-state index in [9.17, 15) is 18.9 Å². The van der Waals surface area contributed by atoms with Crippen molar-refractivity contribution in [2.75, 3.05) is 41.9 Å². The summed E-state index contributed by atoms with van der Waals surface area (Å²) in [6.45, 7) is 4.24. The minimum atomic E-state index is -4.08. The molecule has 1 saturated carbocycles. The van der Waals surface area contributed by atoms with Crippen molar-refractivity contribution in [3.63, 3.8) is 0 Å². The predicted octanol–water partition coefficient (Wildman–Crippen LogP) is 5.65. The number of aromatic nitrogens is 2. The Morgan fingerprint density at radius 2 is 1.55 bits per heavy atom. The monoisotopic (exact) mass is 692 g/mol. The predicted molar refractivity (Wildman–Crippen MR) is 194 cm³/mol. The molecule has 2 aliphatic rings. The third-order valence-corrected chi connectivity index (χ3v) is 11.6. The lowest BCUT2D eigenvalue weighted by atomic mass is 9.89. The smallest absolute Gasteiger partial charge is 0.264 e. The van der Waals surface area contributed by atoms with Crippen molar-refractivity contribution in [3.8, 4) is 12.1 Å². The first-order valence-electron chi connectivity index (χ1n) is 16.7. The number of hydrogen-bond acceptors (Lipinski definition) is 7. The maximum absolute atomic E-state index is 14.5. The number of imidazole rings is 1. The topological polar surface area (TPSA) is 121 Å². The molecule has 0 unspecified atom stereocenters. The molecule has 0 bridgehead atoms. The van der Waals surface area contributed by atoms with Crippen LogP contribution in [0.4, 0.5) is 11.4 Å². The fourth-order valence-electron chi connectivity index (χ4n) is 6.61. The highest BCUT2D eigenvalue weighted by atomic mass is 32.2. The van der Waals surface area contributed by atoms with E-state index in [-0.39, 0.29) is 11.4 Å². The third-order valence-electron chi connectivity index (χ3n) is 9.44. The molecular formula is C37H40N8O2S2.